The van der Waals surface area contributed by atoms with E-state index in [1.54, 1.807) is 12.4 Å². The topological polar surface area (TPSA) is 42.7 Å². The number of halogens is 1. The Labute approximate surface area is 125 Å². The minimum Gasteiger partial charge on any atom is -0.306 e. The summed E-state index contributed by atoms with van der Waals surface area (Å²) in [6.07, 6.45) is 9.62. The van der Waals surface area contributed by atoms with Gasteiger partial charge in [0.25, 0.3) is 0 Å². The molecule has 5 heteroatoms. The summed E-state index contributed by atoms with van der Waals surface area (Å²) in [6.45, 7) is 6.17. The molecule has 1 N–H and O–H groups in total. The molecule has 0 saturated carbocycles. The zero-order chi connectivity index (χ0) is 14.4. The standard InChI is InChI=1S/C15H21ClN4/c1-3-6-18-15(13-5-7-17-10-14(13)16)12-9-19-20(11-12)8-4-2/h5,7,9-11,15,18H,3-4,6,8H2,1-2H3. The van der Waals surface area contributed by atoms with Gasteiger partial charge in [0.2, 0.25) is 0 Å². The van der Waals surface area contributed by atoms with Gasteiger partial charge in [-0.1, -0.05) is 25.4 Å². The highest BCUT2D eigenvalue weighted by Crippen LogP contribution is 2.27. The lowest BCUT2D eigenvalue weighted by Crippen LogP contribution is -2.23. The number of aryl methyl sites for hydroxylation is 1. The van der Waals surface area contributed by atoms with Crippen LogP contribution in [-0.4, -0.2) is 21.3 Å². The summed E-state index contributed by atoms with van der Waals surface area (Å²) in [7, 11) is 0. The van der Waals surface area contributed by atoms with Crippen LogP contribution in [0.5, 0.6) is 0 Å². The molecule has 0 bridgehead atoms. The van der Waals surface area contributed by atoms with Crippen LogP contribution >= 0.6 is 11.6 Å². The van der Waals surface area contributed by atoms with Gasteiger partial charge in [0, 0.05) is 30.7 Å². The van der Waals surface area contributed by atoms with Crippen LogP contribution in [0.3, 0.4) is 0 Å². The quantitative estimate of drug-likeness (QED) is 0.850. The van der Waals surface area contributed by atoms with Gasteiger partial charge >= 0.3 is 0 Å². The first-order valence-electron chi connectivity index (χ1n) is 7.11. The van der Waals surface area contributed by atoms with Crippen molar-refractivity contribution in [2.75, 3.05) is 6.54 Å². The molecular weight excluding hydrogens is 272 g/mol. The summed E-state index contributed by atoms with van der Waals surface area (Å²) in [4.78, 5) is 4.06. The van der Waals surface area contributed by atoms with Gasteiger partial charge in [-0.25, -0.2) is 0 Å². The van der Waals surface area contributed by atoms with Crippen LogP contribution in [0, 0.1) is 0 Å². The van der Waals surface area contributed by atoms with Gasteiger partial charge in [-0.15, -0.1) is 0 Å². The van der Waals surface area contributed by atoms with Gasteiger partial charge in [0.05, 0.1) is 17.3 Å². The number of nitrogens with zero attached hydrogens (tertiary/aromatic N) is 3. The Balaban J connectivity index is 2.29. The average Bonchev–Trinajstić information content (AvgIpc) is 2.90. The molecule has 0 spiro atoms. The van der Waals surface area contributed by atoms with Crippen LogP contribution < -0.4 is 5.32 Å². The maximum Gasteiger partial charge on any atom is 0.0640 e. The first kappa shape index (κ1) is 15.0. The van der Waals surface area contributed by atoms with Gasteiger partial charge in [0.15, 0.2) is 0 Å². The summed E-state index contributed by atoms with van der Waals surface area (Å²) in [5.41, 5.74) is 2.19. The first-order chi connectivity index (χ1) is 9.76. The molecule has 2 aromatic heterocycles. The lowest BCUT2D eigenvalue weighted by atomic mass is 10.0. The minimum absolute atomic E-state index is 0.0658. The molecule has 0 amide bonds. The summed E-state index contributed by atoms with van der Waals surface area (Å²) in [6, 6.07) is 2.03. The third-order valence-electron chi connectivity index (χ3n) is 3.15. The van der Waals surface area contributed by atoms with Crippen LogP contribution in [0.2, 0.25) is 5.02 Å². The summed E-state index contributed by atoms with van der Waals surface area (Å²) in [5.74, 6) is 0. The Bertz CT molecular complexity index is 538. The van der Waals surface area contributed by atoms with Crippen molar-refractivity contribution < 1.29 is 0 Å². The maximum absolute atomic E-state index is 6.29. The van der Waals surface area contributed by atoms with Gasteiger partial charge < -0.3 is 5.32 Å². The molecule has 2 heterocycles. The van der Waals surface area contributed by atoms with E-state index in [1.807, 2.05) is 16.9 Å². The SMILES string of the molecule is CCCNC(c1cnn(CCC)c1)c1ccncc1Cl. The highest BCUT2D eigenvalue weighted by Gasteiger charge is 2.17. The van der Waals surface area contributed by atoms with Crippen LogP contribution in [0.1, 0.15) is 43.9 Å². The van der Waals surface area contributed by atoms with Crippen molar-refractivity contribution in [1.82, 2.24) is 20.1 Å². The normalized spacial score (nSPS) is 12.6. The smallest absolute Gasteiger partial charge is 0.0640 e. The Hall–Kier alpha value is -1.39. The Morgan fingerprint density at radius 1 is 1.30 bits per heavy atom. The monoisotopic (exact) mass is 292 g/mol. The second-order valence-electron chi connectivity index (χ2n) is 4.82. The molecule has 2 aromatic rings. The predicted octanol–water partition coefficient (Wildman–Crippen LogP) is 3.43. The molecule has 0 aliphatic heterocycles. The first-order valence-corrected chi connectivity index (χ1v) is 7.49. The van der Waals surface area contributed by atoms with Crippen molar-refractivity contribution in [3.63, 3.8) is 0 Å². The number of rotatable bonds is 7. The molecule has 0 aromatic carbocycles. The van der Waals surface area contributed by atoms with Crippen molar-refractivity contribution in [3.8, 4) is 0 Å². The molecule has 1 unspecified atom stereocenters. The van der Waals surface area contributed by atoms with E-state index in [1.165, 1.54) is 0 Å². The summed E-state index contributed by atoms with van der Waals surface area (Å²) in [5, 5.41) is 8.63. The molecule has 0 aliphatic carbocycles. The van der Waals surface area contributed by atoms with Crippen LogP contribution in [-0.2, 0) is 6.54 Å². The molecule has 2 rings (SSSR count). The summed E-state index contributed by atoms with van der Waals surface area (Å²) >= 11 is 6.29. The van der Waals surface area contributed by atoms with Gasteiger partial charge in [0.1, 0.15) is 0 Å². The van der Waals surface area contributed by atoms with Crippen LogP contribution in [0.15, 0.2) is 30.9 Å². The molecule has 0 saturated heterocycles. The third kappa shape index (κ3) is 3.58. The van der Waals surface area contributed by atoms with Crippen molar-refractivity contribution >= 4 is 11.6 Å². The molecular formula is C15H21ClN4. The Kier molecular flexibility index (Phi) is 5.56. The van der Waals surface area contributed by atoms with Gasteiger partial charge in [-0.3, -0.25) is 9.67 Å². The van der Waals surface area contributed by atoms with E-state index >= 15 is 0 Å². The van der Waals surface area contributed by atoms with Gasteiger partial charge in [-0.2, -0.15) is 5.10 Å². The fraction of sp³-hybridized carbons (Fsp3) is 0.467. The van der Waals surface area contributed by atoms with E-state index < -0.39 is 0 Å². The fourth-order valence-electron chi connectivity index (χ4n) is 2.20. The van der Waals surface area contributed by atoms with Crippen molar-refractivity contribution in [2.24, 2.45) is 0 Å². The molecule has 108 valence electrons. The molecule has 1 atom stereocenters. The molecule has 0 radical (unpaired) electrons. The predicted molar refractivity (Wildman–Crippen MR) is 81.9 cm³/mol. The van der Waals surface area contributed by atoms with E-state index in [0.29, 0.717) is 5.02 Å². The molecule has 20 heavy (non-hydrogen) atoms. The minimum atomic E-state index is 0.0658. The van der Waals surface area contributed by atoms with Crippen LogP contribution in [0.4, 0.5) is 0 Å². The summed E-state index contributed by atoms with van der Waals surface area (Å²) < 4.78 is 1.98. The lowest BCUT2D eigenvalue weighted by Gasteiger charge is -2.18. The molecule has 0 aliphatic rings. The average molecular weight is 293 g/mol. The van der Waals surface area contributed by atoms with E-state index in [4.69, 9.17) is 11.6 Å². The van der Waals surface area contributed by atoms with Gasteiger partial charge in [-0.05, 0) is 31.0 Å². The van der Waals surface area contributed by atoms with E-state index in [0.717, 1.165) is 37.1 Å². The molecule has 0 fully saturated rings. The number of hydrogen-bond acceptors (Lipinski definition) is 3. The lowest BCUT2D eigenvalue weighted by molar-refractivity contribution is 0.588. The zero-order valence-corrected chi connectivity index (χ0v) is 12.8. The van der Waals surface area contributed by atoms with Crippen molar-refractivity contribution in [1.29, 1.82) is 0 Å². The highest BCUT2D eigenvalue weighted by atomic mass is 35.5. The number of nitrogens with one attached hydrogen (secondary N) is 1. The fourth-order valence-corrected chi connectivity index (χ4v) is 2.42. The number of aromatic nitrogens is 3. The Morgan fingerprint density at radius 3 is 2.85 bits per heavy atom. The van der Waals surface area contributed by atoms with Crippen molar-refractivity contribution in [3.05, 3.63) is 47.0 Å². The van der Waals surface area contributed by atoms with Crippen molar-refractivity contribution in [2.45, 2.75) is 39.3 Å². The zero-order valence-electron chi connectivity index (χ0n) is 12.0. The third-order valence-corrected chi connectivity index (χ3v) is 3.47. The van der Waals surface area contributed by atoms with E-state index in [2.05, 4.69) is 35.4 Å². The molecule has 4 nitrogen and oxygen atoms in total. The van der Waals surface area contributed by atoms with E-state index in [-0.39, 0.29) is 6.04 Å². The second kappa shape index (κ2) is 7.41. The van der Waals surface area contributed by atoms with Crippen LogP contribution in [0.25, 0.3) is 0 Å². The second-order valence-corrected chi connectivity index (χ2v) is 5.23. The largest absolute Gasteiger partial charge is 0.306 e. The maximum atomic E-state index is 6.29. The number of pyridine rings is 1. The number of hydrogen-bond donors (Lipinski definition) is 1. The Morgan fingerprint density at radius 2 is 2.15 bits per heavy atom. The van der Waals surface area contributed by atoms with E-state index in [9.17, 15) is 0 Å². The highest BCUT2D eigenvalue weighted by molar-refractivity contribution is 6.31.